The van der Waals surface area contributed by atoms with Gasteiger partial charge in [-0.15, -0.1) is 11.3 Å². The first-order valence-electron chi connectivity index (χ1n) is 7.13. The molecule has 111 valence electrons. The van der Waals surface area contributed by atoms with Crippen molar-refractivity contribution in [3.63, 3.8) is 0 Å². The van der Waals surface area contributed by atoms with Gasteiger partial charge in [0.05, 0.1) is 18.1 Å². The van der Waals surface area contributed by atoms with Crippen molar-refractivity contribution in [3.8, 4) is 0 Å². The van der Waals surface area contributed by atoms with E-state index in [1.54, 1.807) is 11.3 Å². The number of hydrogen-bond donors (Lipinski definition) is 1. The molecule has 1 atom stereocenters. The van der Waals surface area contributed by atoms with Crippen molar-refractivity contribution in [1.82, 2.24) is 0 Å². The first-order chi connectivity index (χ1) is 10.2. The van der Waals surface area contributed by atoms with Gasteiger partial charge in [0.15, 0.2) is 6.29 Å². The molecule has 1 aromatic carbocycles. The summed E-state index contributed by atoms with van der Waals surface area (Å²) >= 11 is 1.56. The number of rotatable bonds is 5. The average Bonchev–Trinajstić information content (AvgIpc) is 3.19. The van der Waals surface area contributed by atoms with Gasteiger partial charge in [0.2, 0.25) is 0 Å². The fourth-order valence-corrected chi connectivity index (χ4v) is 3.61. The van der Waals surface area contributed by atoms with Crippen LogP contribution >= 0.6 is 11.3 Å². The van der Waals surface area contributed by atoms with Crippen LogP contribution in [0, 0.1) is 6.92 Å². The average molecular weight is 303 g/mol. The maximum atomic E-state index is 11.2. The maximum absolute atomic E-state index is 11.2. The van der Waals surface area contributed by atoms with Crippen molar-refractivity contribution < 1.29 is 14.6 Å². The minimum absolute atomic E-state index is 0.288. The summed E-state index contributed by atoms with van der Waals surface area (Å²) in [6, 6.07) is 11.7. The minimum atomic E-state index is -1.00. The molecule has 0 aliphatic carbocycles. The Hall–Kier alpha value is -1.20. The van der Waals surface area contributed by atoms with Gasteiger partial charge in [0.25, 0.3) is 0 Å². The molecule has 1 radical (unpaired) electrons. The highest BCUT2D eigenvalue weighted by Gasteiger charge is 2.32. The summed E-state index contributed by atoms with van der Waals surface area (Å²) in [7, 11) is 0. The van der Waals surface area contributed by atoms with Gasteiger partial charge in [-0.2, -0.15) is 0 Å². The highest BCUT2D eigenvalue weighted by molar-refractivity contribution is 7.10. The van der Waals surface area contributed by atoms with E-state index >= 15 is 0 Å². The lowest BCUT2D eigenvalue weighted by molar-refractivity contribution is -0.0415. The van der Waals surface area contributed by atoms with Gasteiger partial charge >= 0.3 is 0 Å². The lowest BCUT2D eigenvalue weighted by Crippen LogP contribution is -2.26. The summed E-state index contributed by atoms with van der Waals surface area (Å²) in [5, 5.41) is 13.2. The normalized spacial score (nSPS) is 18.8. The van der Waals surface area contributed by atoms with Crippen molar-refractivity contribution in [2.24, 2.45) is 0 Å². The molecule has 0 spiro atoms. The largest absolute Gasteiger partial charge is 0.380 e. The summed E-state index contributed by atoms with van der Waals surface area (Å²) in [6.45, 7) is 5.15. The Bertz CT molecular complexity index is 575. The molecule has 1 aliphatic heterocycles. The number of hydrogen-bond acceptors (Lipinski definition) is 4. The number of aliphatic hydroxyl groups is 1. The molecule has 2 aromatic rings. The Labute approximate surface area is 129 Å². The monoisotopic (exact) mass is 303 g/mol. The van der Waals surface area contributed by atoms with E-state index < -0.39 is 5.60 Å². The first kappa shape index (κ1) is 14.7. The Balaban J connectivity index is 1.94. The highest BCUT2D eigenvalue weighted by atomic mass is 32.1. The second-order valence-electron chi connectivity index (χ2n) is 5.14. The molecule has 1 unspecified atom stereocenters. The quantitative estimate of drug-likeness (QED) is 0.916. The van der Waals surface area contributed by atoms with E-state index in [-0.39, 0.29) is 6.29 Å². The van der Waals surface area contributed by atoms with Crippen LogP contribution in [0.4, 0.5) is 0 Å². The summed E-state index contributed by atoms with van der Waals surface area (Å²) in [6.07, 6.45) is 0.954. The zero-order valence-corrected chi connectivity index (χ0v) is 12.6. The molecular weight excluding hydrogens is 284 g/mol. The van der Waals surface area contributed by atoms with Gasteiger partial charge in [-0.3, -0.25) is 0 Å². The summed E-state index contributed by atoms with van der Waals surface area (Å²) in [4.78, 5) is 1.00. The van der Waals surface area contributed by atoms with E-state index in [0.717, 1.165) is 16.0 Å². The van der Waals surface area contributed by atoms with E-state index in [9.17, 15) is 5.11 Å². The van der Waals surface area contributed by atoms with Crippen molar-refractivity contribution in [3.05, 3.63) is 64.7 Å². The fraction of sp³-hybridized carbons (Fsp3) is 0.353. The Morgan fingerprint density at radius 2 is 1.90 bits per heavy atom. The molecule has 1 aliphatic rings. The highest BCUT2D eigenvalue weighted by Crippen LogP contribution is 2.39. The lowest BCUT2D eigenvalue weighted by atomic mass is 9.84. The van der Waals surface area contributed by atoms with Crippen molar-refractivity contribution in [2.75, 3.05) is 13.2 Å². The Morgan fingerprint density at radius 1 is 1.19 bits per heavy atom. The van der Waals surface area contributed by atoms with Crippen molar-refractivity contribution >= 4 is 11.3 Å². The third-order valence-electron chi connectivity index (χ3n) is 3.74. The Morgan fingerprint density at radius 3 is 2.57 bits per heavy atom. The van der Waals surface area contributed by atoms with Gasteiger partial charge in [-0.05, 0) is 35.4 Å². The van der Waals surface area contributed by atoms with Gasteiger partial charge in [-0.25, -0.2) is 0 Å². The predicted molar refractivity (Wildman–Crippen MR) is 83.0 cm³/mol. The molecule has 3 nitrogen and oxygen atoms in total. The summed E-state index contributed by atoms with van der Waals surface area (Å²) < 4.78 is 11.0. The molecule has 1 saturated heterocycles. The van der Waals surface area contributed by atoms with Crippen LogP contribution in [-0.4, -0.2) is 18.3 Å². The van der Waals surface area contributed by atoms with E-state index in [0.29, 0.717) is 26.1 Å². The van der Waals surface area contributed by atoms with E-state index in [2.05, 4.69) is 6.92 Å². The van der Waals surface area contributed by atoms with E-state index in [1.165, 1.54) is 0 Å². The molecular formula is C17H19O3S. The van der Waals surface area contributed by atoms with E-state index in [4.69, 9.17) is 9.47 Å². The molecule has 1 N–H and O–H groups in total. The van der Waals surface area contributed by atoms with E-state index in [1.807, 2.05) is 41.8 Å². The van der Waals surface area contributed by atoms with Gasteiger partial charge in [0, 0.05) is 0 Å². The van der Waals surface area contributed by atoms with Crippen LogP contribution in [0.15, 0.2) is 41.8 Å². The predicted octanol–water partition coefficient (Wildman–Crippen LogP) is 3.64. The number of thiophene rings is 1. The van der Waals surface area contributed by atoms with Crippen LogP contribution in [0.25, 0.3) is 0 Å². The third kappa shape index (κ3) is 2.90. The lowest BCUT2D eigenvalue weighted by Gasteiger charge is -2.28. The number of ether oxygens (including phenoxy) is 2. The smallest absolute Gasteiger partial charge is 0.193 e. The molecule has 0 bridgehead atoms. The van der Waals surface area contributed by atoms with Crippen LogP contribution in [0.1, 0.15) is 35.1 Å². The zero-order valence-electron chi connectivity index (χ0n) is 11.8. The topological polar surface area (TPSA) is 38.7 Å². The molecule has 1 fully saturated rings. The minimum Gasteiger partial charge on any atom is -0.380 e. The van der Waals surface area contributed by atoms with Crippen LogP contribution in [0.3, 0.4) is 0 Å². The summed E-state index contributed by atoms with van der Waals surface area (Å²) in [5.74, 6) is 0. The van der Waals surface area contributed by atoms with Gasteiger partial charge < -0.3 is 14.6 Å². The zero-order chi connectivity index (χ0) is 14.7. The van der Waals surface area contributed by atoms with Crippen LogP contribution in [0.5, 0.6) is 0 Å². The van der Waals surface area contributed by atoms with Crippen LogP contribution < -0.4 is 0 Å². The molecule has 4 heteroatoms. The van der Waals surface area contributed by atoms with Crippen molar-refractivity contribution in [2.45, 2.75) is 24.7 Å². The van der Waals surface area contributed by atoms with Gasteiger partial charge in [0.1, 0.15) is 5.60 Å². The Kier molecular flexibility index (Phi) is 4.40. The standard InChI is InChI=1S/C17H19O3S/c1-2-8-17(18,13-6-4-3-5-7-13)14-11-15(21-12-14)16-19-9-10-20-16/h3-7,11-12,16,18H,1-2,8-10H2. The SMILES string of the molecule is [CH2]CCC(O)(c1ccccc1)c1csc(C2OCCO2)c1. The fourth-order valence-electron chi connectivity index (χ4n) is 2.64. The van der Waals surface area contributed by atoms with Gasteiger partial charge in [-0.1, -0.05) is 37.3 Å². The molecule has 2 heterocycles. The first-order valence-corrected chi connectivity index (χ1v) is 8.01. The molecule has 3 rings (SSSR count). The van der Waals surface area contributed by atoms with Crippen LogP contribution in [-0.2, 0) is 15.1 Å². The molecule has 1 aromatic heterocycles. The van der Waals surface area contributed by atoms with Crippen LogP contribution in [0.2, 0.25) is 0 Å². The molecule has 21 heavy (non-hydrogen) atoms. The van der Waals surface area contributed by atoms with Crippen molar-refractivity contribution in [1.29, 1.82) is 0 Å². The number of benzene rings is 1. The third-order valence-corrected chi connectivity index (χ3v) is 4.70. The second-order valence-corrected chi connectivity index (χ2v) is 6.08. The molecule has 0 saturated carbocycles. The maximum Gasteiger partial charge on any atom is 0.193 e. The second kappa shape index (κ2) is 6.28. The summed E-state index contributed by atoms with van der Waals surface area (Å²) in [5.41, 5.74) is 0.777. The molecule has 0 amide bonds.